The Hall–Kier alpha value is -1.74. The van der Waals surface area contributed by atoms with Crippen molar-refractivity contribution in [2.24, 2.45) is 0 Å². The van der Waals surface area contributed by atoms with E-state index in [1.165, 1.54) is 0 Å². The highest BCUT2D eigenvalue weighted by Gasteiger charge is 2.04. The molecule has 1 aromatic carbocycles. The third kappa shape index (κ3) is 2.88. The summed E-state index contributed by atoms with van der Waals surface area (Å²) in [4.78, 5) is 0. The summed E-state index contributed by atoms with van der Waals surface area (Å²) in [5.74, 6) is 2.70. The van der Waals surface area contributed by atoms with Gasteiger partial charge in [0.2, 0.25) is 0 Å². The molecule has 0 aliphatic carbocycles. The van der Waals surface area contributed by atoms with Crippen LogP contribution in [0.15, 0.2) is 40.8 Å². The van der Waals surface area contributed by atoms with Crippen molar-refractivity contribution in [3.63, 3.8) is 0 Å². The molecule has 0 unspecified atom stereocenters. The van der Waals surface area contributed by atoms with Gasteiger partial charge in [-0.05, 0) is 42.9 Å². The van der Waals surface area contributed by atoms with Crippen LogP contribution in [0.1, 0.15) is 12.7 Å². The van der Waals surface area contributed by atoms with Crippen LogP contribution in [0, 0.1) is 0 Å². The molecule has 0 amide bonds. The van der Waals surface area contributed by atoms with Crippen molar-refractivity contribution < 1.29 is 9.15 Å². The van der Waals surface area contributed by atoms with Gasteiger partial charge in [0.15, 0.2) is 0 Å². The zero-order valence-electron chi connectivity index (χ0n) is 10.2. The second-order valence-electron chi connectivity index (χ2n) is 3.77. The Labute approximate surface area is 101 Å². The maximum Gasteiger partial charge on any atom is 0.134 e. The van der Waals surface area contributed by atoms with Gasteiger partial charge in [-0.15, -0.1) is 0 Å². The molecule has 0 radical (unpaired) electrons. The van der Waals surface area contributed by atoms with Crippen LogP contribution in [0.25, 0.3) is 11.3 Å². The summed E-state index contributed by atoms with van der Waals surface area (Å²) in [6.45, 7) is 3.79. The number of hydrogen-bond donors (Lipinski definition) is 1. The molecule has 0 saturated carbocycles. The van der Waals surface area contributed by atoms with Crippen molar-refractivity contribution in [2.75, 3.05) is 13.7 Å². The molecule has 90 valence electrons. The van der Waals surface area contributed by atoms with Crippen LogP contribution < -0.4 is 10.1 Å². The number of methoxy groups -OCH3 is 1. The van der Waals surface area contributed by atoms with Gasteiger partial charge in [-0.2, -0.15) is 0 Å². The van der Waals surface area contributed by atoms with Crippen molar-refractivity contribution in [3.8, 4) is 17.1 Å². The van der Waals surface area contributed by atoms with E-state index in [0.29, 0.717) is 0 Å². The molecular formula is C14H17NO2. The molecule has 1 heterocycles. The lowest BCUT2D eigenvalue weighted by molar-refractivity contribution is 0.415. The number of rotatable bonds is 5. The lowest BCUT2D eigenvalue weighted by atomic mass is 10.2. The largest absolute Gasteiger partial charge is 0.497 e. The minimum atomic E-state index is 0.770. The topological polar surface area (TPSA) is 34.4 Å². The van der Waals surface area contributed by atoms with Gasteiger partial charge in [-0.3, -0.25) is 0 Å². The average Bonchev–Trinajstić information content (AvgIpc) is 2.85. The molecule has 17 heavy (non-hydrogen) atoms. The Balaban J connectivity index is 2.12. The summed E-state index contributed by atoms with van der Waals surface area (Å²) in [6, 6.07) is 11.9. The van der Waals surface area contributed by atoms with Crippen molar-refractivity contribution >= 4 is 0 Å². The number of furan rings is 1. The molecule has 1 N–H and O–H groups in total. The smallest absolute Gasteiger partial charge is 0.134 e. The Bertz CT molecular complexity index is 459. The fourth-order valence-electron chi connectivity index (χ4n) is 1.63. The van der Waals surface area contributed by atoms with E-state index >= 15 is 0 Å². The monoisotopic (exact) mass is 231 g/mol. The van der Waals surface area contributed by atoms with Crippen molar-refractivity contribution in [1.29, 1.82) is 0 Å². The molecule has 0 bridgehead atoms. The average molecular weight is 231 g/mol. The summed E-state index contributed by atoms with van der Waals surface area (Å²) in [5.41, 5.74) is 1.06. The molecule has 2 aromatic rings. The first-order chi connectivity index (χ1) is 8.33. The van der Waals surface area contributed by atoms with Crippen LogP contribution in [-0.4, -0.2) is 13.7 Å². The first kappa shape index (κ1) is 11.7. The van der Waals surface area contributed by atoms with E-state index in [-0.39, 0.29) is 0 Å². The molecular weight excluding hydrogens is 214 g/mol. The summed E-state index contributed by atoms with van der Waals surface area (Å²) >= 11 is 0. The number of nitrogens with one attached hydrogen (secondary N) is 1. The summed E-state index contributed by atoms with van der Waals surface area (Å²) in [6.07, 6.45) is 0. The van der Waals surface area contributed by atoms with Gasteiger partial charge in [0.05, 0.1) is 13.7 Å². The molecule has 3 heteroatoms. The second kappa shape index (κ2) is 5.55. The van der Waals surface area contributed by atoms with Gasteiger partial charge < -0.3 is 14.5 Å². The fourth-order valence-corrected chi connectivity index (χ4v) is 1.63. The SMILES string of the molecule is CCNCc1ccc(-c2ccc(OC)cc2)o1. The number of ether oxygens (including phenoxy) is 1. The van der Waals surface area contributed by atoms with Crippen LogP contribution in [0.3, 0.4) is 0 Å². The Morgan fingerprint density at radius 2 is 1.88 bits per heavy atom. The second-order valence-corrected chi connectivity index (χ2v) is 3.77. The lowest BCUT2D eigenvalue weighted by Gasteiger charge is -2.01. The minimum Gasteiger partial charge on any atom is -0.497 e. The van der Waals surface area contributed by atoms with Crippen LogP contribution in [0.5, 0.6) is 5.75 Å². The standard InChI is InChI=1S/C14H17NO2/c1-3-15-10-13-8-9-14(17-13)11-4-6-12(16-2)7-5-11/h4-9,15H,3,10H2,1-2H3. The third-order valence-corrected chi connectivity index (χ3v) is 2.59. The molecule has 2 rings (SSSR count). The van der Waals surface area contributed by atoms with Crippen molar-refractivity contribution in [1.82, 2.24) is 5.32 Å². The summed E-state index contributed by atoms with van der Waals surface area (Å²) in [7, 11) is 1.66. The summed E-state index contributed by atoms with van der Waals surface area (Å²) in [5, 5.41) is 3.23. The maximum atomic E-state index is 5.74. The van der Waals surface area contributed by atoms with E-state index < -0.39 is 0 Å². The highest BCUT2D eigenvalue weighted by Crippen LogP contribution is 2.24. The molecule has 0 spiro atoms. The predicted molar refractivity (Wildman–Crippen MR) is 68.1 cm³/mol. The molecule has 0 fully saturated rings. The maximum absolute atomic E-state index is 5.74. The van der Waals surface area contributed by atoms with Crippen molar-refractivity contribution in [2.45, 2.75) is 13.5 Å². The fraction of sp³-hybridized carbons (Fsp3) is 0.286. The molecule has 0 aliphatic heterocycles. The molecule has 1 aromatic heterocycles. The van der Waals surface area contributed by atoms with Crippen LogP contribution in [-0.2, 0) is 6.54 Å². The first-order valence-electron chi connectivity index (χ1n) is 5.77. The molecule has 3 nitrogen and oxygen atoms in total. The minimum absolute atomic E-state index is 0.770. The highest BCUT2D eigenvalue weighted by molar-refractivity contribution is 5.58. The Morgan fingerprint density at radius 1 is 1.12 bits per heavy atom. The van der Waals surface area contributed by atoms with Gasteiger partial charge in [0.1, 0.15) is 17.3 Å². The summed E-state index contributed by atoms with van der Waals surface area (Å²) < 4.78 is 10.9. The van der Waals surface area contributed by atoms with Crippen LogP contribution >= 0.6 is 0 Å². The quantitative estimate of drug-likeness (QED) is 0.858. The Morgan fingerprint density at radius 3 is 2.53 bits per heavy atom. The zero-order chi connectivity index (χ0) is 12.1. The number of hydrogen-bond acceptors (Lipinski definition) is 3. The van der Waals surface area contributed by atoms with E-state index in [1.807, 2.05) is 36.4 Å². The van der Waals surface area contributed by atoms with E-state index in [0.717, 1.165) is 35.9 Å². The lowest BCUT2D eigenvalue weighted by Crippen LogP contribution is -2.10. The van der Waals surface area contributed by atoms with E-state index in [2.05, 4.69) is 12.2 Å². The molecule has 0 atom stereocenters. The van der Waals surface area contributed by atoms with E-state index in [1.54, 1.807) is 7.11 Å². The molecule has 0 aliphatic rings. The molecule has 0 saturated heterocycles. The third-order valence-electron chi connectivity index (χ3n) is 2.59. The van der Waals surface area contributed by atoms with Gasteiger partial charge in [0.25, 0.3) is 0 Å². The predicted octanol–water partition coefficient (Wildman–Crippen LogP) is 3.06. The Kier molecular flexibility index (Phi) is 3.83. The zero-order valence-corrected chi connectivity index (χ0v) is 10.2. The van der Waals surface area contributed by atoms with Crippen LogP contribution in [0.4, 0.5) is 0 Å². The normalized spacial score (nSPS) is 10.5. The highest BCUT2D eigenvalue weighted by atomic mass is 16.5. The van der Waals surface area contributed by atoms with E-state index in [4.69, 9.17) is 9.15 Å². The first-order valence-corrected chi connectivity index (χ1v) is 5.77. The van der Waals surface area contributed by atoms with Crippen LogP contribution in [0.2, 0.25) is 0 Å². The van der Waals surface area contributed by atoms with Crippen molar-refractivity contribution in [3.05, 3.63) is 42.2 Å². The van der Waals surface area contributed by atoms with Gasteiger partial charge >= 0.3 is 0 Å². The van der Waals surface area contributed by atoms with E-state index in [9.17, 15) is 0 Å². The van der Waals surface area contributed by atoms with Gasteiger partial charge in [-0.25, -0.2) is 0 Å². The van der Waals surface area contributed by atoms with Gasteiger partial charge in [0, 0.05) is 5.56 Å². The number of benzene rings is 1. The van der Waals surface area contributed by atoms with Gasteiger partial charge in [-0.1, -0.05) is 6.92 Å².